The molecule has 4 aromatic rings. The van der Waals surface area contributed by atoms with Crippen LogP contribution in [0.3, 0.4) is 0 Å². The van der Waals surface area contributed by atoms with E-state index in [0.717, 1.165) is 72.0 Å². The van der Waals surface area contributed by atoms with Crippen molar-refractivity contribution in [1.29, 1.82) is 0 Å². The van der Waals surface area contributed by atoms with Crippen molar-refractivity contribution in [2.45, 2.75) is 26.4 Å². The van der Waals surface area contributed by atoms with Crippen LogP contribution in [0.1, 0.15) is 39.3 Å². The van der Waals surface area contributed by atoms with Crippen molar-refractivity contribution in [2.24, 2.45) is 0 Å². The number of morpholine rings is 1. The molecular formula is C32H38N4O3S. The summed E-state index contributed by atoms with van der Waals surface area (Å²) in [5, 5.41) is 4.28. The number of benzene rings is 2. The van der Waals surface area contributed by atoms with Gasteiger partial charge in [-0.2, -0.15) is 0 Å². The maximum atomic E-state index is 13.5. The average Bonchev–Trinajstić information content (AvgIpc) is 3.42. The van der Waals surface area contributed by atoms with E-state index in [-0.39, 0.29) is 11.9 Å². The molecule has 0 saturated carbocycles. The molecule has 2 aromatic heterocycles. The fourth-order valence-electron chi connectivity index (χ4n) is 4.90. The highest BCUT2D eigenvalue weighted by Gasteiger charge is 2.19. The lowest BCUT2D eigenvalue weighted by molar-refractivity contribution is 0.0346. The number of para-hydroxylation sites is 1. The van der Waals surface area contributed by atoms with Crippen LogP contribution >= 0.6 is 11.3 Å². The second-order valence-corrected chi connectivity index (χ2v) is 11.8. The van der Waals surface area contributed by atoms with Crippen molar-refractivity contribution >= 4 is 28.1 Å². The van der Waals surface area contributed by atoms with Gasteiger partial charge < -0.3 is 19.7 Å². The maximum Gasteiger partial charge on any atom is 0.252 e. The third-order valence-electron chi connectivity index (χ3n) is 7.22. The number of nitrogens with zero attached hydrogens (tertiary/aromatic N) is 3. The molecule has 1 saturated heterocycles. The third-order valence-corrected chi connectivity index (χ3v) is 8.31. The molecule has 7 nitrogen and oxygen atoms in total. The van der Waals surface area contributed by atoms with Crippen molar-refractivity contribution in [3.63, 3.8) is 0 Å². The van der Waals surface area contributed by atoms with Crippen molar-refractivity contribution in [3.05, 3.63) is 82.2 Å². The van der Waals surface area contributed by atoms with Crippen molar-refractivity contribution in [3.8, 4) is 16.3 Å². The van der Waals surface area contributed by atoms with E-state index in [1.807, 2.05) is 64.3 Å². The number of rotatable bonds is 10. The molecule has 40 heavy (non-hydrogen) atoms. The highest BCUT2D eigenvalue weighted by Crippen LogP contribution is 2.33. The van der Waals surface area contributed by atoms with Gasteiger partial charge in [-0.05, 0) is 75.5 Å². The number of hydrogen-bond donors (Lipinski definition) is 1. The Balaban J connectivity index is 1.37. The number of nitrogens with one attached hydrogen (secondary N) is 1. The maximum absolute atomic E-state index is 13.5. The summed E-state index contributed by atoms with van der Waals surface area (Å²) in [6, 6.07) is 20.1. The Morgan fingerprint density at radius 3 is 2.73 bits per heavy atom. The van der Waals surface area contributed by atoms with Gasteiger partial charge in [-0.1, -0.05) is 24.3 Å². The molecule has 1 fully saturated rings. The Kier molecular flexibility index (Phi) is 9.11. The number of aryl methyl sites for hydroxylation is 1. The first-order valence-electron chi connectivity index (χ1n) is 13.9. The number of hydrogen-bond acceptors (Lipinski definition) is 7. The molecule has 1 amide bonds. The molecule has 2 aromatic carbocycles. The van der Waals surface area contributed by atoms with E-state index in [9.17, 15) is 4.79 Å². The van der Waals surface area contributed by atoms with Crippen molar-refractivity contribution < 1.29 is 14.3 Å². The number of likely N-dealkylation sites (N-methyl/N-ethyl adjacent to an activating group) is 1. The van der Waals surface area contributed by atoms with E-state index in [2.05, 4.69) is 39.4 Å². The van der Waals surface area contributed by atoms with Gasteiger partial charge in [0.15, 0.2) is 0 Å². The van der Waals surface area contributed by atoms with Gasteiger partial charge in [-0.15, -0.1) is 11.3 Å². The predicted octanol–water partition coefficient (Wildman–Crippen LogP) is 5.54. The lowest BCUT2D eigenvalue weighted by atomic mass is 10.0. The van der Waals surface area contributed by atoms with Gasteiger partial charge >= 0.3 is 0 Å². The van der Waals surface area contributed by atoms with Gasteiger partial charge in [0.1, 0.15) is 12.4 Å². The standard InChI is InChI=1S/C32H38N4O3S/c1-22-9-10-24(39-18-13-35(3)4)19-27(22)32(37)33-23(2)28-20-30(34-29-8-6-5-7-26(28)29)31-12-11-25(40-31)21-36-14-16-38-17-15-36/h5-12,19-20,23H,13-18,21H2,1-4H3,(H,33,37)/t23-/m1/s1. The minimum Gasteiger partial charge on any atom is -0.492 e. The summed E-state index contributed by atoms with van der Waals surface area (Å²) in [5.41, 5.74) is 4.44. The van der Waals surface area contributed by atoms with Gasteiger partial charge in [0.25, 0.3) is 5.91 Å². The molecule has 0 aliphatic carbocycles. The number of pyridine rings is 1. The predicted molar refractivity (Wildman–Crippen MR) is 162 cm³/mol. The molecule has 0 spiro atoms. The molecular weight excluding hydrogens is 520 g/mol. The normalized spacial score (nSPS) is 14.9. The quantitative estimate of drug-likeness (QED) is 0.276. The molecule has 3 heterocycles. The van der Waals surface area contributed by atoms with E-state index in [1.165, 1.54) is 4.88 Å². The second kappa shape index (κ2) is 12.9. The molecule has 1 N–H and O–H groups in total. The highest BCUT2D eigenvalue weighted by molar-refractivity contribution is 7.15. The third kappa shape index (κ3) is 6.88. The zero-order chi connectivity index (χ0) is 28.1. The zero-order valence-electron chi connectivity index (χ0n) is 23.8. The average molecular weight is 559 g/mol. The molecule has 0 bridgehead atoms. The monoisotopic (exact) mass is 558 g/mol. The van der Waals surface area contributed by atoms with Gasteiger partial charge in [0.2, 0.25) is 0 Å². The molecule has 0 unspecified atom stereocenters. The minimum absolute atomic E-state index is 0.116. The lowest BCUT2D eigenvalue weighted by Crippen LogP contribution is -2.35. The number of carbonyl (C=O) groups excluding carboxylic acids is 1. The largest absolute Gasteiger partial charge is 0.492 e. The van der Waals surface area contributed by atoms with Crippen LogP contribution in [0.15, 0.2) is 60.7 Å². The summed E-state index contributed by atoms with van der Waals surface area (Å²) in [7, 11) is 4.02. The van der Waals surface area contributed by atoms with E-state index in [4.69, 9.17) is 14.5 Å². The summed E-state index contributed by atoms with van der Waals surface area (Å²) < 4.78 is 11.4. The molecule has 8 heteroatoms. The zero-order valence-corrected chi connectivity index (χ0v) is 24.6. The molecule has 1 aliphatic heterocycles. The first-order chi connectivity index (χ1) is 19.4. The van der Waals surface area contributed by atoms with Crippen LogP contribution in [0.2, 0.25) is 0 Å². The fourth-order valence-corrected chi connectivity index (χ4v) is 5.91. The Bertz CT molecular complexity index is 1460. The molecule has 1 aliphatic rings. The van der Waals surface area contributed by atoms with Crippen LogP contribution in [0.4, 0.5) is 0 Å². The Morgan fingerprint density at radius 1 is 1.12 bits per heavy atom. The van der Waals surface area contributed by atoms with E-state index < -0.39 is 0 Å². The van der Waals surface area contributed by atoms with E-state index >= 15 is 0 Å². The minimum atomic E-state index is -0.218. The van der Waals surface area contributed by atoms with Crippen LogP contribution in [-0.2, 0) is 11.3 Å². The molecule has 1 atom stereocenters. The summed E-state index contributed by atoms with van der Waals surface area (Å²) >= 11 is 1.78. The first kappa shape index (κ1) is 28.2. The smallest absolute Gasteiger partial charge is 0.252 e. The van der Waals surface area contributed by atoms with Gasteiger partial charge in [-0.3, -0.25) is 9.69 Å². The summed E-state index contributed by atoms with van der Waals surface area (Å²) in [6.45, 7) is 9.82. The lowest BCUT2D eigenvalue weighted by Gasteiger charge is -2.25. The fraction of sp³-hybridized carbons (Fsp3) is 0.375. The van der Waals surface area contributed by atoms with Crippen LogP contribution in [0.25, 0.3) is 21.5 Å². The van der Waals surface area contributed by atoms with Crippen LogP contribution in [0, 0.1) is 6.92 Å². The number of aromatic nitrogens is 1. The second-order valence-electron chi connectivity index (χ2n) is 10.6. The number of fused-ring (bicyclic) bond motifs is 1. The van der Waals surface area contributed by atoms with Gasteiger partial charge in [0, 0.05) is 42.0 Å². The van der Waals surface area contributed by atoms with Crippen molar-refractivity contribution in [2.75, 3.05) is 53.6 Å². The Morgan fingerprint density at radius 2 is 1.93 bits per heavy atom. The van der Waals surface area contributed by atoms with Gasteiger partial charge in [-0.25, -0.2) is 4.98 Å². The first-order valence-corrected chi connectivity index (χ1v) is 14.7. The highest BCUT2D eigenvalue weighted by atomic mass is 32.1. The topological polar surface area (TPSA) is 66.9 Å². The summed E-state index contributed by atoms with van der Waals surface area (Å²) in [4.78, 5) is 25.4. The van der Waals surface area contributed by atoms with E-state index in [0.29, 0.717) is 17.9 Å². The molecule has 0 radical (unpaired) electrons. The van der Waals surface area contributed by atoms with E-state index in [1.54, 1.807) is 11.3 Å². The van der Waals surface area contributed by atoms with Crippen LogP contribution in [0.5, 0.6) is 5.75 Å². The number of carbonyl (C=O) groups is 1. The van der Waals surface area contributed by atoms with Crippen molar-refractivity contribution in [1.82, 2.24) is 20.1 Å². The summed E-state index contributed by atoms with van der Waals surface area (Å²) in [6.07, 6.45) is 0. The number of ether oxygens (including phenoxy) is 2. The molecule has 210 valence electrons. The number of thiophene rings is 1. The number of amides is 1. The summed E-state index contributed by atoms with van der Waals surface area (Å²) in [5.74, 6) is 0.585. The van der Waals surface area contributed by atoms with Crippen LogP contribution < -0.4 is 10.1 Å². The molecule has 5 rings (SSSR count). The van der Waals surface area contributed by atoms with Gasteiger partial charge in [0.05, 0.1) is 35.3 Å². The Labute approximate surface area is 240 Å². The SMILES string of the molecule is Cc1ccc(OCCN(C)C)cc1C(=O)N[C@H](C)c1cc(-c2ccc(CN3CCOCC3)s2)nc2ccccc12. The Hall–Kier alpha value is -3.30. The van der Waals surface area contributed by atoms with Crippen LogP contribution in [-0.4, -0.2) is 74.2 Å².